The molecule has 1 aliphatic carbocycles. The van der Waals surface area contributed by atoms with Gasteiger partial charge in [0.2, 0.25) is 0 Å². The molecule has 1 aromatic heterocycles. The summed E-state index contributed by atoms with van der Waals surface area (Å²) in [6, 6.07) is 8.34. The van der Waals surface area contributed by atoms with Crippen LogP contribution in [0.25, 0.3) is 10.2 Å². The van der Waals surface area contributed by atoms with Gasteiger partial charge in [-0.1, -0.05) is 12.8 Å². The minimum Gasteiger partial charge on any atom is -0.285 e. The molecule has 3 aliphatic rings. The van der Waals surface area contributed by atoms with Gasteiger partial charge in [0.15, 0.2) is 0 Å². The highest BCUT2D eigenvalue weighted by Crippen LogP contribution is 2.36. The Morgan fingerprint density at radius 1 is 1.34 bits per heavy atom. The van der Waals surface area contributed by atoms with Gasteiger partial charge in [0.25, 0.3) is 5.91 Å². The van der Waals surface area contributed by atoms with Gasteiger partial charge in [-0.25, -0.2) is 15.0 Å². The van der Waals surface area contributed by atoms with Gasteiger partial charge in [0, 0.05) is 6.21 Å². The molecule has 1 saturated heterocycles. The largest absolute Gasteiger partial charge is 0.285 e. The Balaban J connectivity index is 1.53. The van der Waals surface area contributed by atoms with Crippen molar-refractivity contribution in [3.05, 3.63) is 35.0 Å². The van der Waals surface area contributed by atoms with E-state index in [0.717, 1.165) is 52.3 Å². The summed E-state index contributed by atoms with van der Waals surface area (Å²) in [5, 5.41) is 12.6. The number of carbonyl (C=O) groups is 1. The normalized spacial score (nSPS) is 27.7. The van der Waals surface area contributed by atoms with E-state index < -0.39 is 5.92 Å². The number of benzene rings is 1. The monoisotopic (exact) mass is 404 g/mol. The number of hydrogen-bond acceptors (Lipinski definition) is 6. The predicted molar refractivity (Wildman–Crippen MR) is 113 cm³/mol. The molecule has 2 aliphatic heterocycles. The number of amidine groups is 1. The van der Waals surface area contributed by atoms with Gasteiger partial charge in [-0.2, -0.15) is 5.26 Å². The van der Waals surface area contributed by atoms with Crippen LogP contribution in [0.5, 0.6) is 0 Å². The molecule has 2 fully saturated rings. The van der Waals surface area contributed by atoms with Crippen molar-refractivity contribution in [3.63, 3.8) is 0 Å². The summed E-state index contributed by atoms with van der Waals surface area (Å²) < 4.78 is 1.07. The molecule has 2 aromatic rings. The molecular formula is C21H20N6OS. The molecule has 5 rings (SSSR count). The van der Waals surface area contributed by atoms with Gasteiger partial charge in [0.1, 0.15) is 11.8 Å². The summed E-state index contributed by atoms with van der Waals surface area (Å²) >= 11 is 1.62. The van der Waals surface area contributed by atoms with Gasteiger partial charge >= 0.3 is 0 Å². The van der Waals surface area contributed by atoms with Crippen molar-refractivity contribution in [2.45, 2.75) is 38.6 Å². The molecule has 1 amide bonds. The summed E-state index contributed by atoms with van der Waals surface area (Å²) in [6.07, 6.45) is 7.35. The minimum absolute atomic E-state index is 0.0288. The second-order valence-corrected chi connectivity index (χ2v) is 8.83. The average molecular weight is 404 g/mol. The van der Waals surface area contributed by atoms with Gasteiger partial charge in [-0.3, -0.25) is 15.2 Å². The van der Waals surface area contributed by atoms with E-state index in [4.69, 9.17) is 4.99 Å². The number of carbonyl (C=O) groups excluding carboxylic acids is 1. The fraction of sp³-hybridized carbons (Fsp3) is 0.381. The van der Waals surface area contributed by atoms with E-state index >= 15 is 0 Å². The summed E-state index contributed by atoms with van der Waals surface area (Å²) in [4.78, 5) is 25.8. The number of nitrogens with zero attached hydrogens (tertiary/aromatic N) is 5. The number of rotatable bonds is 2. The molecule has 3 atom stereocenters. The highest BCUT2D eigenvalue weighted by Gasteiger charge is 2.45. The zero-order chi connectivity index (χ0) is 20.0. The van der Waals surface area contributed by atoms with Crippen LogP contribution in [0.3, 0.4) is 0 Å². The van der Waals surface area contributed by atoms with Crippen molar-refractivity contribution in [2.24, 2.45) is 21.8 Å². The molecule has 8 heteroatoms. The number of aliphatic imine (C=N–C) groups is 2. The first-order valence-electron chi connectivity index (χ1n) is 9.83. The predicted octanol–water partition coefficient (Wildman–Crippen LogP) is 3.65. The molecule has 1 N–H and O–H groups in total. The lowest BCUT2D eigenvalue weighted by Gasteiger charge is -2.36. The number of thiazole rings is 1. The molecule has 3 heterocycles. The number of hydrazine groups is 1. The first-order chi connectivity index (χ1) is 14.1. The number of amides is 1. The van der Waals surface area contributed by atoms with E-state index in [9.17, 15) is 10.1 Å². The average Bonchev–Trinajstić information content (AvgIpc) is 3.28. The molecule has 146 valence electrons. The van der Waals surface area contributed by atoms with Gasteiger partial charge < -0.3 is 0 Å². The Morgan fingerprint density at radius 3 is 3.07 bits per heavy atom. The molecule has 1 saturated carbocycles. The van der Waals surface area contributed by atoms with Gasteiger partial charge in [-0.05, 0) is 44.0 Å². The lowest BCUT2D eigenvalue weighted by atomic mass is 9.84. The van der Waals surface area contributed by atoms with Crippen LogP contribution in [0.2, 0.25) is 0 Å². The zero-order valence-electron chi connectivity index (χ0n) is 16.0. The number of allylic oxidation sites excluding steroid dienone is 1. The van der Waals surface area contributed by atoms with E-state index in [1.54, 1.807) is 17.6 Å². The van der Waals surface area contributed by atoms with Crippen molar-refractivity contribution in [2.75, 3.05) is 0 Å². The van der Waals surface area contributed by atoms with Crippen LogP contribution < -0.4 is 5.43 Å². The maximum absolute atomic E-state index is 12.6. The Morgan fingerprint density at radius 2 is 2.21 bits per heavy atom. The summed E-state index contributed by atoms with van der Waals surface area (Å²) in [5.74, 6) is -0.265. The number of aryl methyl sites for hydroxylation is 1. The van der Waals surface area contributed by atoms with Crippen molar-refractivity contribution in [1.29, 1.82) is 5.26 Å². The third kappa shape index (κ3) is 3.12. The Kier molecular flexibility index (Phi) is 4.40. The smallest absolute Gasteiger partial charge is 0.262 e. The van der Waals surface area contributed by atoms with Crippen LogP contribution in [0.4, 0.5) is 5.69 Å². The summed E-state index contributed by atoms with van der Waals surface area (Å²) in [7, 11) is 0. The quantitative estimate of drug-likeness (QED) is 0.825. The van der Waals surface area contributed by atoms with Crippen molar-refractivity contribution >= 4 is 45.2 Å². The van der Waals surface area contributed by atoms with Gasteiger partial charge in [0.05, 0.1) is 44.6 Å². The first-order valence-corrected chi connectivity index (χ1v) is 10.6. The maximum atomic E-state index is 12.6. The van der Waals surface area contributed by atoms with Crippen LogP contribution >= 0.6 is 11.3 Å². The third-order valence-electron chi connectivity index (χ3n) is 5.73. The SMILES string of the molecule is Cc1nc2ccc(N=C3NN(C4CCCC[C@@H]4C#N)C4=CC=NC(=O)C43)cc2s1. The number of aromatic nitrogens is 1. The lowest BCUT2D eigenvalue weighted by molar-refractivity contribution is -0.119. The van der Waals surface area contributed by atoms with Gasteiger partial charge in [-0.15, -0.1) is 11.3 Å². The minimum atomic E-state index is -0.542. The third-order valence-corrected chi connectivity index (χ3v) is 6.67. The van der Waals surface area contributed by atoms with Crippen LogP contribution in [0.15, 0.2) is 40.0 Å². The molecule has 0 radical (unpaired) electrons. The fourth-order valence-electron chi connectivity index (χ4n) is 4.39. The van der Waals surface area contributed by atoms with Crippen molar-refractivity contribution < 1.29 is 4.79 Å². The lowest BCUT2D eigenvalue weighted by Crippen LogP contribution is -2.46. The molecule has 0 spiro atoms. The standard InChI is InChI=1S/C21H20N6OS/c1-12-24-15-7-6-14(10-18(15)29-12)25-20-19-17(8-9-23-21(19)28)27(26-20)16-5-3-2-4-13(16)11-22/h6-10,13,16,19H,2-5H2,1H3,(H,25,26)/t13-,16?,19?/m1/s1. The Hall–Kier alpha value is -3.05. The molecule has 29 heavy (non-hydrogen) atoms. The second-order valence-electron chi connectivity index (χ2n) is 7.59. The van der Waals surface area contributed by atoms with E-state index in [0.29, 0.717) is 5.84 Å². The Bertz CT molecular complexity index is 1120. The number of dihydropyridines is 1. The fourth-order valence-corrected chi connectivity index (χ4v) is 5.25. The molecule has 0 bridgehead atoms. The Labute approximate surface area is 172 Å². The topological polar surface area (TPSA) is 93.7 Å². The summed E-state index contributed by atoms with van der Waals surface area (Å²) in [6.45, 7) is 1.98. The van der Waals surface area contributed by atoms with E-state index in [1.165, 1.54) is 0 Å². The van der Waals surface area contributed by atoms with Crippen LogP contribution in [-0.2, 0) is 4.79 Å². The number of hydrogen-bond donors (Lipinski definition) is 1. The number of fused-ring (bicyclic) bond motifs is 2. The summed E-state index contributed by atoms with van der Waals surface area (Å²) in [5.41, 5.74) is 5.91. The molecular weight excluding hydrogens is 384 g/mol. The van der Waals surface area contributed by atoms with Crippen LogP contribution in [0.1, 0.15) is 30.7 Å². The molecule has 2 unspecified atom stereocenters. The van der Waals surface area contributed by atoms with Crippen molar-refractivity contribution in [3.8, 4) is 6.07 Å². The number of nitriles is 1. The molecule has 7 nitrogen and oxygen atoms in total. The number of nitrogens with one attached hydrogen (secondary N) is 1. The molecule has 1 aromatic carbocycles. The van der Waals surface area contributed by atoms with Crippen LogP contribution in [-0.4, -0.2) is 34.0 Å². The highest BCUT2D eigenvalue weighted by molar-refractivity contribution is 7.18. The zero-order valence-corrected chi connectivity index (χ0v) is 16.8. The maximum Gasteiger partial charge on any atom is 0.262 e. The van der Waals surface area contributed by atoms with E-state index in [2.05, 4.69) is 21.5 Å². The van der Waals surface area contributed by atoms with E-state index in [1.807, 2.05) is 36.2 Å². The van der Waals surface area contributed by atoms with Crippen molar-refractivity contribution in [1.82, 2.24) is 15.4 Å². The van der Waals surface area contributed by atoms with E-state index in [-0.39, 0.29) is 17.9 Å². The highest BCUT2D eigenvalue weighted by atomic mass is 32.1. The van der Waals surface area contributed by atoms with Crippen LogP contribution in [0, 0.1) is 30.1 Å². The first kappa shape index (κ1) is 18.0. The second kappa shape index (κ2) is 7.08.